The Balaban J connectivity index is 1.76. The minimum absolute atomic E-state index is 0.00364. The number of rotatable bonds is 5. The molecule has 132 valence electrons. The van der Waals surface area contributed by atoms with Gasteiger partial charge in [0.25, 0.3) is 0 Å². The molecule has 2 amide bonds. The largest absolute Gasteiger partial charge is 0.464 e. The lowest BCUT2D eigenvalue weighted by atomic mass is 9.98. The molecule has 3 unspecified atom stereocenters. The molecule has 0 spiro atoms. The van der Waals surface area contributed by atoms with E-state index in [-0.39, 0.29) is 23.8 Å². The molecule has 0 aromatic carbocycles. The molecular formula is C18H26N2O4. The first-order valence-corrected chi connectivity index (χ1v) is 8.82. The van der Waals surface area contributed by atoms with Crippen molar-refractivity contribution in [2.45, 2.75) is 64.1 Å². The van der Waals surface area contributed by atoms with Gasteiger partial charge in [-0.15, -0.1) is 0 Å². The molecule has 1 aliphatic heterocycles. The van der Waals surface area contributed by atoms with E-state index in [0.29, 0.717) is 6.54 Å². The van der Waals surface area contributed by atoms with Gasteiger partial charge >= 0.3 is 0 Å². The minimum Gasteiger partial charge on any atom is -0.464 e. The Labute approximate surface area is 142 Å². The summed E-state index contributed by atoms with van der Waals surface area (Å²) in [4.78, 5) is 26.8. The number of furan rings is 1. The quantitative estimate of drug-likeness (QED) is 0.862. The van der Waals surface area contributed by atoms with Crippen LogP contribution in [0.15, 0.2) is 16.5 Å². The molecule has 6 nitrogen and oxygen atoms in total. The van der Waals surface area contributed by atoms with Crippen LogP contribution in [0.1, 0.15) is 56.6 Å². The predicted molar refractivity (Wildman–Crippen MR) is 88.1 cm³/mol. The molecule has 3 rings (SSSR count). The number of hydrogen-bond donors (Lipinski definition) is 2. The fraction of sp³-hybridized carbons (Fsp3) is 0.667. The standard InChI is InChI=1S/C18H26N2O4/c1-11-6-9-15(24-11)14-5-3-4-10-20(14)18(23)16(12(2)21)19-17(22)13-7-8-13/h6,9,12-14,16,21H,3-5,7-8,10H2,1-2H3,(H,19,22). The Morgan fingerprint density at radius 1 is 1.29 bits per heavy atom. The number of carbonyl (C=O) groups excluding carboxylic acids is 2. The van der Waals surface area contributed by atoms with Crippen LogP contribution in [0.3, 0.4) is 0 Å². The van der Waals surface area contributed by atoms with E-state index in [0.717, 1.165) is 43.6 Å². The Morgan fingerprint density at radius 2 is 2.04 bits per heavy atom. The molecule has 1 saturated heterocycles. The van der Waals surface area contributed by atoms with Crippen molar-refractivity contribution < 1.29 is 19.1 Å². The van der Waals surface area contributed by atoms with E-state index < -0.39 is 12.1 Å². The van der Waals surface area contributed by atoms with Crippen molar-refractivity contribution in [2.75, 3.05) is 6.54 Å². The summed E-state index contributed by atoms with van der Waals surface area (Å²) in [6.45, 7) is 4.05. The molecule has 2 aliphatic rings. The number of aliphatic hydroxyl groups excluding tert-OH is 1. The van der Waals surface area contributed by atoms with Crippen molar-refractivity contribution >= 4 is 11.8 Å². The summed E-state index contributed by atoms with van der Waals surface area (Å²) in [5, 5.41) is 12.8. The topological polar surface area (TPSA) is 82.8 Å². The molecule has 2 N–H and O–H groups in total. The lowest BCUT2D eigenvalue weighted by molar-refractivity contribution is -0.143. The van der Waals surface area contributed by atoms with Gasteiger partial charge in [-0.25, -0.2) is 0 Å². The summed E-state index contributed by atoms with van der Waals surface area (Å²) in [5.41, 5.74) is 0. The highest BCUT2D eigenvalue weighted by Gasteiger charge is 2.39. The zero-order valence-corrected chi connectivity index (χ0v) is 14.3. The number of carbonyl (C=O) groups is 2. The van der Waals surface area contributed by atoms with E-state index in [9.17, 15) is 14.7 Å². The zero-order valence-electron chi connectivity index (χ0n) is 14.3. The van der Waals surface area contributed by atoms with Gasteiger partial charge in [0.05, 0.1) is 12.1 Å². The van der Waals surface area contributed by atoms with Crippen LogP contribution in [0.4, 0.5) is 0 Å². The van der Waals surface area contributed by atoms with Crippen LogP contribution < -0.4 is 5.32 Å². The average Bonchev–Trinajstić information content (AvgIpc) is 3.33. The third-order valence-corrected chi connectivity index (χ3v) is 4.87. The monoisotopic (exact) mass is 334 g/mol. The summed E-state index contributed by atoms with van der Waals surface area (Å²) in [6, 6.07) is 2.79. The molecule has 1 aromatic heterocycles. The molecule has 1 aromatic rings. The number of nitrogens with one attached hydrogen (secondary N) is 1. The molecule has 6 heteroatoms. The maximum Gasteiger partial charge on any atom is 0.248 e. The number of piperidine rings is 1. The second kappa shape index (κ2) is 6.97. The number of aliphatic hydroxyl groups is 1. The van der Waals surface area contributed by atoms with Gasteiger partial charge in [-0.2, -0.15) is 0 Å². The molecule has 1 saturated carbocycles. The van der Waals surface area contributed by atoms with Gasteiger partial charge < -0.3 is 19.7 Å². The smallest absolute Gasteiger partial charge is 0.248 e. The van der Waals surface area contributed by atoms with Crippen LogP contribution in [0.2, 0.25) is 0 Å². The average molecular weight is 334 g/mol. The molecule has 3 atom stereocenters. The van der Waals surface area contributed by atoms with Crippen LogP contribution >= 0.6 is 0 Å². The normalized spacial score (nSPS) is 23.6. The molecule has 2 heterocycles. The van der Waals surface area contributed by atoms with Crippen molar-refractivity contribution in [1.29, 1.82) is 0 Å². The van der Waals surface area contributed by atoms with Gasteiger partial charge in [-0.3, -0.25) is 9.59 Å². The maximum atomic E-state index is 13.0. The number of nitrogens with zero attached hydrogens (tertiary/aromatic N) is 1. The maximum absolute atomic E-state index is 13.0. The molecule has 2 fully saturated rings. The van der Waals surface area contributed by atoms with E-state index >= 15 is 0 Å². The van der Waals surface area contributed by atoms with Crippen LogP contribution in [0.5, 0.6) is 0 Å². The second-order valence-corrected chi connectivity index (χ2v) is 6.99. The lowest BCUT2D eigenvalue weighted by Gasteiger charge is -2.37. The van der Waals surface area contributed by atoms with Crippen LogP contribution in [-0.4, -0.2) is 40.5 Å². The number of hydrogen-bond acceptors (Lipinski definition) is 4. The van der Waals surface area contributed by atoms with Gasteiger partial charge in [0, 0.05) is 12.5 Å². The Kier molecular flexibility index (Phi) is 4.94. The van der Waals surface area contributed by atoms with Gasteiger partial charge in [0.15, 0.2) is 0 Å². The van der Waals surface area contributed by atoms with Gasteiger partial charge in [-0.1, -0.05) is 0 Å². The second-order valence-electron chi connectivity index (χ2n) is 6.99. The molecule has 0 radical (unpaired) electrons. The predicted octanol–water partition coefficient (Wildman–Crippen LogP) is 1.92. The zero-order chi connectivity index (χ0) is 17.3. The van der Waals surface area contributed by atoms with E-state index in [4.69, 9.17) is 4.42 Å². The number of aryl methyl sites for hydroxylation is 1. The number of amides is 2. The third-order valence-electron chi connectivity index (χ3n) is 4.87. The molecular weight excluding hydrogens is 308 g/mol. The summed E-state index contributed by atoms with van der Waals surface area (Å²) >= 11 is 0. The fourth-order valence-electron chi connectivity index (χ4n) is 3.31. The fourth-order valence-corrected chi connectivity index (χ4v) is 3.31. The first-order chi connectivity index (χ1) is 11.5. The number of likely N-dealkylation sites (tertiary alicyclic amines) is 1. The van der Waals surface area contributed by atoms with Crippen molar-refractivity contribution in [3.05, 3.63) is 23.7 Å². The highest BCUT2D eigenvalue weighted by Crippen LogP contribution is 2.33. The van der Waals surface area contributed by atoms with Gasteiger partial charge in [0.2, 0.25) is 11.8 Å². The third kappa shape index (κ3) is 3.64. The summed E-state index contributed by atoms with van der Waals surface area (Å²) < 4.78 is 5.73. The Morgan fingerprint density at radius 3 is 2.62 bits per heavy atom. The highest BCUT2D eigenvalue weighted by atomic mass is 16.3. The van der Waals surface area contributed by atoms with Crippen molar-refractivity contribution in [3.63, 3.8) is 0 Å². The molecule has 24 heavy (non-hydrogen) atoms. The molecule has 0 bridgehead atoms. The first kappa shape index (κ1) is 17.0. The highest BCUT2D eigenvalue weighted by molar-refractivity contribution is 5.90. The van der Waals surface area contributed by atoms with Gasteiger partial charge in [0.1, 0.15) is 17.6 Å². The lowest BCUT2D eigenvalue weighted by Crippen LogP contribution is -2.55. The van der Waals surface area contributed by atoms with Gasteiger partial charge in [-0.05, 0) is 58.1 Å². The van der Waals surface area contributed by atoms with Crippen molar-refractivity contribution in [2.24, 2.45) is 5.92 Å². The van der Waals surface area contributed by atoms with Crippen LogP contribution in [0.25, 0.3) is 0 Å². The van der Waals surface area contributed by atoms with Crippen molar-refractivity contribution in [1.82, 2.24) is 10.2 Å². The summed E-state index contributed by atoms with van der Waals surface area (Å²) in [5.74, 6) is 1.24. The minimum atomic E-state index is -0.930. The summed E-state index contributed by atoms with van der Waals surface area (Å²) in [6.07, 6.45) is 3.59. The summed E-state index contributed by atoms with van der Waals surface area (Å²) in [7, 11) is 0. The molecule has 1 aliphatic carbocycles. The van der Waals surface area contributed by atoms with Crippen molar-refractivity contribution in [3.8, 4) is 0 Å². The Bertz CT molecular complexity index is 606. The Hall–Kier alpha value is -1.82. The van der Waals surface area contributed by atoms with E-state index in [2.05, 4.69) is 5.32 Å². The van der Waals surface area contributed by atoms with E-state index in [1.165, 1.54) is 0 Å². The van der Waals surface area contributed by atoms with Crippen LogP contribution in [-0.2, 0) is 9.59 Å². The van der Waals surface area contributed by atoms with E-state index in [1.807, 2.05) is 19.1 Å². The SMILES string of the molecule is Cc1ccc(C2CCCCN2C(=O)C(NC(=O)C2CC2)C(C)O)o1. The van der Waals surface area contributed by atoms with E-state index in [1.54, 1.807) is 11.8 Å². The first-order valence-electron chi connectivity index (χ1n) is 8.82. The van der Waals surface area contributed by atoms with Crippen LogP contribution in [0, 0.1) is 12.8 Å².